The molecule has 2 aliphatic carbocycles. The zero-order valence-corrected chi connectivity index (χ0v) is 17.8. The molecule has 0 aromatic carbocycles. The van der Waals surface area contributed by atoms with Crippen LogP contribution < -0.4 is 0 Å². The van der Waals surface area contributed by atoms with Crippen LogP contribution in [0.25, 0.3) is 0 Å². The monoisotopic (exact) mass is 362 g/mol. The molecule has 1 spiro atoms. The molecule has 0 bridgehead atoms. The van der Waals surface area contributed by atoms with E-state index in [1.165, 1.54) is 77.4 Å². The Balaban J connectivity index is 1.37. The van der Waals surface area contributed by atoms with Crippen molar-refractivity contribution in [2.75, 3.05) is 26.7 Å². The van der Waals surface area contributed by atoms with Gasteiger partial charge in [0, 0.05) is 24.4 Å². The standard InChI is InChI=1S/C23H42N2O/c1-5-22(26)19-6-11-23(12-7-19)16-21(17-23)25-14-9-20(10-15-25)24(4)13-8-18(2)3/h18-21H,5-17H2,1-4H3. The summed E-state index contributed by atoms with van der Waals surface area (Å²) in [5.74, 6) is 1.72. The maximum atomic E-state index is 12.0. The van der Waals surface area contributed by atoms with Gasteiger partial charge in [0.05, 0.1) is 0 Å². The van der Waals surface area contributed by atoms with Crippen LogP contribution in [-0.4, -0.2) is 54.3 Å². The van der Waals surface area contributed by atoms with Gasteiger partial charge in [-0.1, -0.05) is 20.8 Å². The molecule has 150 valence electrons. The smallest absolute Gasteiger partial charge is 0.135 e. The van der Waals surface area contributed by atoms with Crippen LogP contribution >= 0.6 is 0 Å². The van der Waals surface area contributed by atoms with Crippen molar-refractivity contribution >= 4 is 5.78 Å². The lowest BCUT2D eigenvalue weighted by molar-refractivity contribution is -0.126. The molecular formula is C23H42N2O. The average Bonchev–Trinajstić information content (AvgIpc) is 2.63. The number of nitrogens with zero attached hydrogens (tertiary/aromatic N) is 2. The molecule has 3 fully saturated rings. The molecule has 0 radical (unpaired) electrons. The summed E-state index contributed by atoms with van der Waals surface area (Å²) in [5.41, 5.74) is 0.611. The number of carbonyl (C=O) groups is 1. The molecule has 0 unspecified atom stereocenters. The largest absolute Gasteiger partial charge is 0.303 e. The van der Waals surface area contributed by atoms with E-state index < -0.39 is 0 Å². The fraction of sp³-hybridized carbons (Fsp3) is 0.957. The lowest BCUT2D eigenvalue weighted by Gasteiger charge is -2.56. The van der Waals surface area contributed by atoms with E-state index in [1.54, 1.807) is 0 Å². The zero-order chi connectivity index (χ0) is 18.7. The average molecular weight is 363 g/mol. The van der Waals surface area contributed by atoms with Gasteiger partial charge in [-0.15, -0.1) is 0 Å². The Kier molecular flexibility index (Phi) is 6.83. The third-order valence-electron chi connectivity index (χ3n) is 7.89. The van der Waals surface area contributed by atoms with Crippen LogP contribution in [0.5, 0.6) is 0 Å². The van der Waals surface area contributed by atoms with Gasteiger partial charge in [0.25, 0.3) is 0 Å². The summed E-state index contributed by atoms with van der Waals surface area (Å²) in [5, 5.41) is 0. The molecule has 1 aliphatic heterocycles. The Labute approximate surface area is 161 Å². The van der Waals surface area contributed by atoms with E-state index in [9.17, 15) is 4.79 Å². The number of hydrogen-bond donors (Lipinski definition) is 0. The van der Waals surface area contributed by atoms with Gasteiger partial charge in [-0.2, -0.15) is 0 Å². The molecule has 0 N–H and O–H groups in total. The topological polar surface area (TPSA) is 23.6 Å². The van der Waals surface area contributed by atoms with Gasteiger partial charge in [0.15, 0.2) is 0 Å². The fourth-order valence-corrected chi connectivity index (χ4v) is 5.78. The molecule has 3 rings (SSSR count). The highest BCUT2D eigenvalue weighted by atomic mass is 16.1. The van der Waals surface area contributed by atoms with Crippen molar-refractivity contribution in [2.45, 2.75) is 97.1 Å². The molecule has 26 heavy (non-hydrogen) atoms. The molecule has 2 saturated carbocycles. The highest BCUT2D eigenvalue weighted by molar-refractivity contribution is 5.80. The van der Waals surface area contributed by atoms with Gasteiger partial charge in [0.1, 0.15) is 5.78 Å². The zero-order valence-electron chi connectivity index (χ0n) is 17.8. The van der Waals surface area contributed by atoms with Crippen molar-refractivity contribution in [1.82, 2.24) is 9.80 Å². The summed E-state index contributed by atoms with van der Waals surface area (Å²) in [4.78, 5) is 17.4. The normalized spacial score (nSPS) is 33.8. The second-order valence-corrected chi connectivity index (χ2v) is 10.1. The second-order valence-electron chi connectivity index (χ2n) is 10.1. The minimum atomic E-state index is 0.391. The van der Waals surface area contributed by atoms with E-state index in [0.717, 1.165) is 24.4 Å². The lowest BCUT2D eigenvalue weighted by atomic mass is 9.56. The van der Waals surface area contributed by atoms with Crippen LogP contribution in [0, 0.1) is 17.3 Å². The van der Waals surface area contributed by atoms with E-state index in [-0.39, 0.29) is 0 Å². The Bertz CT molecular complexity index is 451. The minimum absolute atomic E-state index is 0.391. The SMILES string of the molecule is CCC(=O)C1CCC2(CC1)CC(N1CCC(N(C)CCC(C)C)CC1)C2. The Morgan fingerprint density at radius 2 is 1.73 bits per heavy atom. The van der Waals surface area contributed by atoms with Crippen LogP contribution in [0.4, 0.5) is 0 Å². The molecule has 3 nitrogen and oxygen atoms in total. The molecule has 3 aliphatic rings. The van der Waals surface area contributed by atoms with Crippen LogP contribution in [0.15, 0.2) is 0 Å². The number of likely N-dealkylation sites (tertiary alicyclic amines) is 1. The Hall–Kier alpha value is -0.410. The van der Waals surface area contributed by atoms with Gasteiger partial charge in [-0.25, -0.2) is 0 Å². The lowest BCUT2D eigenvalue weighted by Crippen LogP contribution is -2.55. The third kappa shape index (κ3) is 4.70. The maximum absolute atomic E-state index is 12.0. The van der Waals surface area contributed by atoms with Crippen molar-refractivity contribution in [3.63, 3.8) is 0 Å². The number of hydrogen-bond acceptors (Lipinski definition) is 3. The van der Waals surface area contributed by atoms with Crippen molar-refractivity contribution in [1.29, 1.82) is 0 Å². The number of rotatable bonds is 7. The first-order valence-electron chi connectivity index (χ1n) is 11.4. The molecule has 0 atom stereocenters. The Morgan fingerprint density at radius 1 is 1.12 bits per heavy atom. The van der Waals surface area contributed by atoms with Crippen LogP contribution in [0.1, 0.15) is 85.0 Å². The first-order chi connectivity index (χ1) is 12.4. The maximum Gasteiger partial charge on any atom is 0.135 e. The van der Waals surface area contributed by atoms with Crippen LogP contribution in [0.3, 0.4) is 0 Å². The molecular weight excluding hydrogens is 320 g/mol. The third-order valence-corrected chi connectivity index (χ3v) is 7.89. The quantitative estimate of drug-likeness (QED) is 0.653. The molecule has 0 amide bonds. The summed E-state index contributed by atoms with van der Waals surface area (Å²) >= 11 is 0. The summed E-state index contributed by atoms with van der Waals surface area (Å²) < 4.78 is 0. The number of carbonyl (C=O) groups excluding carboxylic acids is 1. The molecule has 3 heteroatoms. The molecule has 0 aromatic rings. The van der Waals surface area contributed by atoms with E-state index in [0.29, 0.717) is 17.1 Å². The first-order valence-corrected chi connectivity index (χ1v) is 11.4. The number of piperidine rings is 1. The Morgan fingerprint density at radius 3 is 2.27 bits per heavy atom. The number of Topliss-reactive ketones (excluding diaryl/α,β-unsaturated/α-hetero) is 1. The minimum Gasteiger partial charge on any atom is -0.303 e. The van der Waals surface area contributed by atoms with Crippen LogP contribution in [0.2, 0.25) is 0 Å². The highest BCUT2D eigenvalue weighted by Gasteiger charge is 2.48. The van der Waals surface area contributed by atoms with Crippen molar-refractivity contribution in [3.8, 4) is 0 Å². The summed E-state index contributed by atoms with van der Waals surface area (Å²) in [7, 11) is 2.33. The van der Waals surface area contributed by atoms with E-state index in [2.05, 4.69) is 30.7 Å². The predicted octanol–water partition coefficient (Wildman–Crippen LogP) is 4.75. The van der Waals surface area contributed by atoms with Crippen molar-refractivity contribution < 1.29 is 4.79 Å². The van der Waals surface area contributed by atoms with Crippen molar-refractivity contribution in [3.05, 3.63) is 0 Å². The highest BCUT2D eigenvalue weighted by Crippen LogP contribution is 2.54. The molecule has 1 saturated heterocycles. The fourth-order valence-electron chi connectivity index (χ4n) is 5.78. The number of ketones is 1. The molecule has 0 aromatic heterocycles. The van der Waals surface area contributed by atoms with Crippen molar-refractivity contribution in [2.24, 2.45) is 17.3 Å². The van der Waals surface area contributed by atoms with E-state index in [1.807, 2.05) is 6.92 Å². The summed E-state index contributed by atoms with van der Waals surface area (Å²) in [6.45, 7) is 10.5. The first kappa shape index (κ1) is 20.3. The van der Waals surface area contributed by atoms with Gasteiger partial charge >= 0.3 is 0 Å². The van der Waals surface area contributed by atoms with E-state index in [4.69, 9.17) is 0 Å². The summed E-state index contributed by atoms with van der Waals surface area (Å²) in [6, 6.07) is 1.64. The van der Waals surface area contributed by atoms with Gasteiger partial charge in [0.2, 0.25) is 0 Å². The van der Waals surface area contributed by atoms with E-state index >= 15 is 0 Å². The van der Waals surface area contributed by atoms with Gasteiger partial charge in [-0.3, -0.25) is 4.79 Å². The second kappa shape index (κ2) is 8.73. The van der Waals surface area contributed by atoms with Gasteiger partial charge < -0.3 is 9.80 Å². The van der Waals surface area contributed by atoms with Crippen LogP contribution in [-0.2, 0) is 4.79 Å². The van der Waals surface area contributed by atoms with Gasteiger partial charge in [-0.05, 0) is 95.8 Å². The summed E-state index contributed by atoms with van der Waals surface area (Å²) in [6.07, 6.45) is 12.6. The predicted molar refractivity (Wildman–Crippen MR) is 109 cm³/mol. The molecule has 1 heterocycles.